The Morgan fingerprint density at radius 2 is 2.06 bits per heavy atom. The van der Waals surface area contributed by atoms with Gasteiger partial charge in [0, 0.05) is 5.41 Å². The van der Waals surface area contributed by atoms with Crippen molar-refractivity contribution in [3.05, 3.63) is 29.3 Å². The van der Waals surface area contributed by atoms with Crippen molar-refractivity contribution >= 4 is 0 Å². The SMILES string of the molecule is CN1CCC2(C)c3cc(O)ccc3CC1C2(O)O. The number of nitrogens with zero attached hydrogens (tertiary/aromatic N) is 1. The number of hydrogen-bond donors (Lipinski definition) is 3. The zero-order valence-corrected chi connectivity index (χ0v) is 10.7. The minimum absolute atomic E-state index is 0.183. The monoisotopic (exact) mass is 249 g/mol. The molecule has 18 heavy (non-hydrogen) atoms. The molecule has 0 spiro atoms. The normalized spacial score (nSPS) is 34.1. The van der Waals surface area contributed by atoms with Crippen LogP contribution in [0.15, 0.2) is 18.2 Å². The smallest absolute Gasteiger partial charge is 0.188 e. The Balaban J connectivity index is 2.22. The molecule has 2 bridgehead atoms. The highest BCUT2D eigenvalue weighted by atomic mass is 16.5. The van der Waals surface area contributed by atoms with Crippen LogP contribution in [0.3, 0.4) is 0 Å². The van der Waals surface area contributed by atoms with Crippen molar-refractivity contribution in [2.75, 3.05) is 13.6 Å². The summed E-state index contributed by atoms with van der Waals surface area (Å²) in [5.74, 6) is -1.57. The number of phenolic OH excluding ortho intramolecular Hbond substituents is 1. The fourth-order valence-electron chi connectivity index (χ4n) is 3.51. The number of hydrogen-bond acceptors (Lipinski definition) is 4. The second kappa shape index (κ2) is 3.47. The molecule has 4 heteroatoms. The number of aliphatic hydroxyl groups is 2. The van der Waals surface area contributed by atoms with Gasteiger partial charge in [-0.3, -0.25) is 4.90 Å². The molecule has 4 nitrogen and oxygen atoms in total. The molecule has 0 saturated carbocycles. The first-order valence-electron chi connectivity index (χ1n) is 6.33. The maximum atomic E-state index is 10.6. The number of likely N-dealkylation sites (N-methyl/N-ethyl adjacent to an activating group) is 1. The lowest BCUT2D eigenvalue weighted by Gasteiger charge is -2.57. The molecule has 2 unspecified atom stereocenters. The predicted molar refractivity (Wildman–Crippen MR) is 67.4 cm³/mol. The average Bonchev–Trinajstić information content (AvgIpc) is 2.30. The maximum Gasteiger partial charge on any atom is 0.188 e. The van der Waals surface area contributed by atoms with E-state index in [0.717, 1.165) is 17.7 Å². The highest BCUT2D eigenvalue weighted by molar-refractivity contribution is 5.45. The molecule has 3 N–H and O–H groups in total. The summed E-state index contributed by atoms with van der Waals surface area (Å²) < 4.78 is 0. The van der Waals surface area contributed by atoms with E-state index in [0.29, 0.717) is 12.8 Å². The molecule has 1 aliphatic carbocycles. The summed E-state index contributed by atoms with van der Waals surface area (Å²) >= 11 is 0. The van der Waals surface area contributed by atoms with Crippen LogP contribution in [-0.2, 0) is 11.8 Å². The van der Waals surface area contributed by atoms with Crippen molar-refractivity contribution in [1.82, 2.24) is 4.90 Å². The molecule has 1 aliphatic heterocycles. The van der Waals surface area contributed by atoms with Gasteiger partial charge in [-0.25, -0.2) is 0 Å². The molecule has 2 aliphatic rings. The van der Waals surface area contributed by atoms with Crippen LogP contribution in [0.25, 0.3) is 0 Å². The first-order valence-corrected chi connectivity index (χ1v) is 6.33. The third kappa shape index (κ3) is 1.31. The predicted octanol–water partition coefficient (Wildman–Crippen LogP) is 0.591. The Hall–Kier alpha value is -1.10. The van der Waals surface area contributed by atoms with Gasteiger partial charge < -0.3 is 15.3 Å². The largest absolute Gasteiger partial charge is 0.508 e. The van der Waals surface area contributed by atoms with E-state index in [1.807, 2.05) is 24.9 Å². The summed E-state index contributed by atoms with van der Waals surface area (Å²) in [6, 6.07) is 4.95. The Bertz CT molecular complexity index is 500. The molecular weight excluding hydrogens is 230 g/mol. The van der Waals surface area contributed by atoms with Gasteiger partial charge in [-0.05, 0) is 49.7 Å². The van der Waals surface area contributed by atoms with Crippen molar-refractivity contribution in [1.29, 1.82) is 0 Å². The van der Waals surface area contributed by atoms with Gasteiger partial charge in [0.25, 0.3) is 0 Å². The molecule has 0 amide bonds. The second-order valence-corrected chi connectivity index (χ2v) is 5.85. The van der Waals surface area contributed by atoms with Gasteiger partial charge in [0.05, 0.1) is 6.04 Å². The molecule has 1 heterocycles. The Kier molecular flexibility index (Phi) is 2.31. The summed E-state index contributed by atoms with van der Waals surface area (Å²) in [6.45, 7) is 2.71. The summed E-state index contributed by atoms with van der Waals surface area (Å²) in [7, 11) is 1.93. The van der Waals surface area contributed by atoms with Crippen LogP contribution < -0.4 is 0 Å². The van der Waals surface area contributed by atoms with Gasteiger partial charge in [0.1, 0.15) is 5.75 Å². The maximum absolute atomic E-state index is 10.6. The minimum Gasteiger partial charge on any atom is -0.508 e. The third-order valence-electron chi connectivity index (χ3n) is 4.87. The van der Waals surface area contributed by atoms with E-state index in [1.165, 1.54) is 0 Å². The van der Waals surface area contributed by atoms with E-state index < -0.39 is 11.2 Å². The van der Waals surface area contributed by atoms with Crippen molar-refractivity contribution in [2.24, 2.45) is 0 Å². The van der Waals surface area contributed by atoms with Gasteiger partial charge in [0.15, 0.2) is 5.79 Å². The molecule has 0 radical (unpaired) electrons. The van der Waals surface area contributed by atoms with Crippen LogP contribution in [-0.4, -0.2) is 45.6 Å². The number of likely N-dealkylation sites (tertiary alicyclic amines) is 1. The van der Waals surface area contributed by atoms with Crippen molar-refractivity contribution < 1.29 is 15.3 Å². The standard InChI is InChI=1S/C14H19NO3/c1-13-5-6-15(2)12(14(13,17)18)7-9-3-4-10(16)8-11(9)13/h3-4,8,12,16-18H,5-7H2,1-2H3. The highest BCUT2D eigenvalue weighted by Crippen LogP contribution is 2.50. The molecular formula is C14H19NO3. The molecule has 0 aromatic heterocycles. The first-order chi connectivity index (χ1) is 8.36. The summed E-state index contributed by atoms with van der Waals surface area (Å²) in [6.07, 6.45) is 1.28. The summed E-state index contributed by atoms with van der Waals surface area (Å²) in [5.41, 5.74) is 1.26. The molecule has 1 saturated heterocycles. The summed E-state index contributed by atoms with van der Waals surface area (Å²) in [4.78, 5) is 2.01. The number of fused-ring (bicyclic) bond motifs is 4. The fraction of sp³-hybridized carbons (Fsp3) is 0.571. The van der Waals surface area contributed by atoms with E-state index in [-0.39, 0.29) is 11.8 Å². The van der Waals surface area contributed by atoms with Crippen LogP contribution in [0.2, 0.25) is 0 Å². The zero-order valence-electron chi connectivity index (χ0n) is 10.7. The number of phenols is 1. The number of benzene rings is 1. The van der Waals surface area contributed by atoms with Gasteiger partial charge >= 0.3 is 0 Å². The molecule has 1 fully saturated rings. The number of aromatic hydroxyl groups is 1. The number of piperidine rings is 1. The summed E-state index contributed by atoms with van der Waals surface area (Å²) in [5, 5.41) is 30.8. The molecule has 1 aromatic carbocycles. The van der Waals surface area contributed by atoms with Crippen LogP contribution >= 0.6 is 0 Å². The lowest BCUT2D eigenvalue weighted by atomic mass is 9.61. The third-order valence-corrected chi connectivity index (χ3v) is 4.87. The Morgan fingerprint density at radius 3 is 2.78 bits per heavy atom. The molecule has 1 aromatic rings. The van der Waals surface area contributed by atoms with Crippen molar-refractivity contribution in [3.63, 3.8) is 0 Å². The van der Waals surface area contributed by atoms with E-state index in [1.54, 1.807) is 12.1 Å². The zero-order chi connectivity index (χ0) is 13.1. The lowest BCUT2D eigenvalue weighted by Crippen LogP contribution is -2.69. The van der Waals surface area contributed by atoms with Gasteiger partial charge in [0.2, 0.25) is 0 Å². The van der Waals surface area contributed by atoms with Crippen LogP contribution in [0, 0.1) is 0 Å². The lowest BCUT2D eigenvalue weighted by molar-refractivity contribution is -0.270. The van der Waals surface area contributed by atoms with Crippen molar-refractivity contribution in [2.45, 2.75) is 37.0 Å². The fourth-order valence-corrected chi connectivity index (χ4v) is 3.51. The molecule has 98 valence electrons. The van der Waals surface area contributed by atoms with Crippen LogP contribution in [0.5, 0.6) is 5.75 Å². The molecule has 3 rings (SSSR count). The topological polar surface area (TPSA) is 63.9 Å². The van der Waals surface area contributed by atoms with Crippen LogP contribution in [0.1, 0.15) is 24.5 Å². The van der Waals surface area contributed by atoms with E-state index in [9.17, 15) is 15.3 Å². The van der Waals surface area contributed by atoms with E-state index in [4.69, 9.17) is 0 Å². The average molecular weight is 249 g/mol. The van der Waals surface area contributed by atoms with E-state index >= 15 is 0 Å². The van der Waals surface area contributed by atoms with Gasteiger partial charge in [-0.2, -0.15) is 0 Å². The number of rotatable bonds is 0. The van der Waals surface area contributed by atoms with Crippen LogP contribution in [0.4, 0.5) is 0 Å². The van der Waals surface area contributed by atoms with Gasteiger partial charge in [-0.15, -0.1) is 0 Å². The molecule has 2 atom stereocenters. The quantitative estimate of drug-likeness (QED) is 0.589. The van der Waals surface area contributed by atoms with Crippen molar-refractivity contribution in [3.8, 4) is 5.75 Å². The Morgan fingerprint density at radius 1 is 1.33 bits per heavy atom. The highest BCUT2D eigenvalue weighted by Gasteiger charge is 2.59. The minimum atomic E-state index is -1.75. The first kappa shape index (κ1) is 12.0. The van der Waals surface area contributed by atoms with E-state index in [2.05, 4.69) is 0 Å². The second-order valence-electron chi connectivity index (χ2n) is 5.85. The Labute approximate surface area is 106 Å². The van der Waals surface area contributed by atoms with Gasteiger partial charge in [-0.1, -0.05) is 13.0 Å².